The van der Waals surface area contributed by atoms with Crippen molar-refractivity contribution in [2.24, 2.45) is 0 Å². The molecular weight excluding hydrogens is 539 g/mol. The Morgan fingerprint density at radius 1 is 1.16 bits per heavy atom. The van der Waals surface area contributed by atoms with E-state index in [0.29, 0.717) is 27.6 Å². The van der Waals surface area contributed by atoms with E-state index in [1.807, 2.05) is 0 Å². The van der Waals surface area contributed by atoms with Gasteiger partial charge in [0.25, 0.3) is 5.78 Å². The fourth-order valence-electron chi connectivity index (χ4n) is 4.10. The van der Waals surface area contributed by atoms with Crippen LogP contribution in [0.1, 0.15) is 45.0 Å². The second-order valence-corrected chi connectivity index (χ2v) is 9.97. The van der Waals surface area contributed by atoms with Crippen LogP contribution in [0.15, 0.2) is 42.0 Å². The van der Waals surface area contributed by atoms with Crippen LogP contribution in [0.2, 0.25) is 10.0 Å². The van der Waals surface area contributed by atoms with Gasteiger partial charge >= 0.3 is 11.9 Å². The molecule has 8 nitrogen and oxygen atoms in total. The third kappa shape index (κ3) is 4.82. The molecular formula is C26H22Cl2N2O6S. The summed E-state index contributed by atoms with van der Waals surface area (Å²) >= 11 is 13.5. The van der Waals surface area contributed by atoms with E-state index in [1.165, 1.54) is 13.2 Å². The van der Waals surface area contributed by atoms with Crippen LogP contribution in [0.3, 0.4) is 0 Å². The summed E-state index contributed by atoms with van der Waals surface area (Å²) in [5, 5.41) is 12.0. The van der Waals surface area contributed by atoms with E-state index >= 15 is 0 Å². The van der Waals surface area contributed by atoms with Gasteiger partial charge in [-0.1, -0.05) is 40.6 Å². The Labute approximate surface area is 227 Å². The van der Waals surface area contributed by atoms with Gasteiger partial charge in [-0.15, -0.1) is 0 Å². The van der Waals surface area contributed by atoms with Crippen molar-refractivity contribution in [2.45, 2.75) is 26.8 Å². The number of halogens is 2. The summed E-state index contributed by atoms with van der Waals surface area (Å²) in [6.07, 6.45) is 0. The molecule has 1 atom stereocenters. The number of amides is 1. The lowest BCUT2D eigenvalue weighted by molar-refractivity contribution is -0.132. The maximum Gasteiger partial charge on any atom is 0.350 e. The van der Waals surface area contributed by atoms with Crippen LogP contribution < -0.4 is 9.64 Å². The van der Waals surface area contributed by atoms with Gasteiger partial charge in [0.1, 0.15) is 16.4 Å². The second kappa shape index (κ2) is 10.5. The number of esters is 1. The predicted molar refractivity (Wildman–Crippen MR) is 142 cm³/mol. The molecule has 1 N–H and O–H groups in total. The van der Waals surface area contributed by atoms with Gasteiger partial charge in [0.05, 0.1) is 31.0 Å². The number of Topliss-reactive ketones (excluding diaryl/α,β-unsaturated/α-hetero) is 1. The van der Waals surface area contributed by atoms with E-state index < -0.39 is 23.7 Å². The van der Waals surface area contributed by atoms with E-state index in [2.05, 4.69) is 4.98 Å². The molecule has 4 rings (SSSR count). The molecule has 192 valence electrons. The third-order valence-electron chi connectivity index (χ3n) is 5.82. The number of ether oxygens (including phenoxy) is 2. The summed E-state index contributed by atoms with van der Waals surface area (Å²) in [6.45, 7) is 5.24. The number of anilines is 1. The number of carbonyl (C=O) groups excluding carboxylic acids is 3. The van der Waals surface area contributed by atoms with Crippen molar-refractivity contribution < 1.29 is 29.0 Å². The van der Waals surface area contributed by atoms with Crippen LogP contribution in [0, 0.1) is 13.8 Å². The minimum absolute atomic E-state index is 0.0867. The van der Waals surface area contributed by atoms with E-state index in [0.717, 1.165) is 21.8 Å². The van der Waals surface area contributed by atoms with Crippen molar-refractivity contribution in [2.75, 3.05) is 18.6 Å². The molecule has 0 unspecified atom stereocenters. The molecule has 0 aliphatic carbocycles. The average Bonchev–Trinajstić information content (AvgIpc) is 3.35. The van der Waals surface area contributed by atoms with Gasteiger partial charge in [0, 0.05) is 15.6 Å². The molecule has 2 heterocycles. The molecule has 3 aromatic rings. The predicted octanol–water partition coefficient (Wildman–Crippen LogP) is 5.88. The van der Waals surface area contributed by atoms with Crippen LogP contribution in [0.5, 0.6) is 5.75 Å². The topological polar surface area (TPSA) is 106 Å². The summed E-state index contributed by atoms with van der Waals surface area (Å²) in [5.74, 6) is -2.23. The Morgan fingerprint density at radius 2 is 1.89 bits per heavy atom. The lowest BCUT2D eigenvalue weighted by atomic mass is 9.95. The minimum Gasteiger partial charge on any atom is -0.507 e. The molecule has 37 heavy (non-hydrogen) atoms. The molecule has 1 amide bonds. The molecule has 1 aromatic heterocycles. The molecule has 1 fully saturated rings. The highest BCUT2D eigenvalue weighted by Crippen LogP contribution is 2.46. The molecule has 1 saturated heterocycles. The smallest absolute Gasteiger partial charge is 0.350 e. The van der Waals surface area contributed by atoms with E-state index in [1.54, 1.807) is 51.1 Å². The Bertz CT molecular complexity index is 1470. The number of aliphatic hydroxyl groups excluding tert-OH is 1. The van der Waals surface area contributed by atoms with Crippen LogP contribution in [-0.4, -0.2) is 41.5 Å². The number of hydrogen-bond donors (Lipinski definition) is 1. The number of aryl methyl sites for hydroxylation is 2. The summed E-state index contributed by atoms with van der Waals surface area (Å²) in [7, 11) is 1.52. The number of thiazole rings is 1. The van der Waals surface area contributed by atoms with Crippen molar-refractivity contribution >= 4 is 63.1 Å². The Kier molecular flexibility index (Phi) is 7.59. The fourth-order valence-corrected chi connectivity index (χ4v) is 5.60. The zero-order valence-electron chi connectivity index (χ0n) is 20.3. The van der Waals surface area contributed by atoms with Crippen molar-refractivity contribution in [3.8, 4) is 5.75 Å². The number of hydrogen-bond acceptors (Lipinski definition) is 8. The standard InChI is InChI=1S/C26H22Cl2N2O6S/c1-5-36-25(34)23-13(3)29-26(37-23)30-20(16-8-7-15(27)11-17(16)28)19(22(32)24(30)33)21(31)14-6-9-18(35-4)12(2)10-14/h6-11,20,31H,5H2,1-4H3/t20-/m1/s1. The van der Waals surface area contributed by atoms with Crippen molar-refractivity contribution in [1.82, 2.24) is 4.98 Å². The largest absolute Gasteiger partial charge is 0.507 e. The highest BCUT2D eigenvalue weighted by molar-refractivity contribution is 7.17. The number of nitrogens with zero attached hydrogens (tertiary/aromatic N) is 2. The minimum atomic E-state index is -1.13. The normalized spacial score (nSPS) is 16.8. The Morgan fingerprint density at radius 3 is 2.51 bits per heavy atom. The van der Waals surface area contributed by atoms with Gasteiger partial charge < -0.3 is 14.6 Å². The number of carbonyl (C=O) groups is 3. The van der Waals surface area contributed by atoms with Gasteiger partial charge in [-0.05, 0) is 62.2 Å². The van der Waals surface area contributed by atoms with Gasteiger partial charge in [-0.3, -0.25) is 14.5 Å². The fraction of sp³-hybridized carbons (Fsp3) is 0.231. The van der Waals surface area contributed by atoms with Crippen LogP contribution >= 0.6 is 34.5 Å². The number of benzene rings is 2. The highest BCUT2D eigenvalue weighted by atomic mass is 35.5. The van der Waals surface area contributed by atoms with Gasteiger partial charge in [0.2, 0.25) is 0 Å². The van der Waals surface area contributed by atoms with Gasteiger partial charge in [-0.2, -0.15) is 0 Å². The van der Waals surface area contributed by atoms with Gasteiger partial charge in [-0.25, -0.2) is 9.78 Å². The summed E-state index contributed by atoms with van der Waals surface area (Å²) < 4.78 is 10.4. The van der Waals surface area contributed by atoms with E-state index in [9.17, 15) is 19.5 Å². The van der Waals surface area contributed by atoms with Crippen molar-refractivity contribution in [1.29, 1.82) is 0 Å². The van der Waals surface area contributed by atoms with Crippen LogP contribution in [0.4, 0.5) is 5.13 Å². The average molecular weight is 561 g/mol. The maximum absolute atomic E-state index is 13.4. The number of rotatable bonds is 6. The van der Waals surface area contributed by atoms with Crippen molar-refractivity contribution in [3.63, 3.8) is 0 Å². The van der Waals surface area contributed by atoms with Gasteiger partial charge in [0.15, 0.2) is 5.13 Å². The zero-order chi connectivity index (χ0) is 27.0. The first-order chi connectivity index (χ1) is 17.6. The lowest BCUT2D eigenvalue weighted by Crippen LogP contribution is -2.29. The second-order valence-electron chi connectivity index (χ2n) is 8.15. The molecule has 0 radical (unpaired) electrons. The Balaban J connectivity index is 1.95. The number of aromatic nitrogens is 1. The summed E-state index contributed by atoms with van der Waals surface area (Å²) in [5.41, 5.74) is 1.55. The monoisotopic (exact) mass is 560 g/mol. The first-order valence-electron chi connectivity index (χ1n) is 11.1. The SMILES string of the molecule is CCOC(=O)c1sc(N2C(=O)C(=O)C(=C(O)c3ccc(OC)c(C)c3)[C@H]2c2ccc(Cl)cc2Cl)nc1C. The molecule has 0 spiro atoms. The number of aliphatic hydroxyl groups is 1. The maximum atomic E-state index is 13.4. The first-order valence-corrected chi connectivity index (χ1v) is 12.7. The highest BCUT2D eigenvalue weighted by Gasteiger charge is 2.49. The molecule has 1 aliphatic rings. The molecule has 0 saturated carbocycles. The third-order valence-corrected chi connectivity index (χ3v) is 7.52. The number of methoxy groups -OCH3 is 1. The van der Waals surface area contributed by atoms with Crippen LogP contribution in [-0.2, 0) is 14.3 Å². The summed E-state index contributed by atoms with van der Waals surface area (Å²) in [4.78, 5) is 44.9. The molecule has 2 aromatic carbocycles. The van der Waals surface area contributed by atoms with E-state index in [-0.39, 0.29) is 33.0 Å². The zero-order valence-corrected chi connectivity index (χ0v) is 22.6. The number of ketones is 1. The first kappa shape index (κ1) is 26.7. The van der Waals surface area contributed by atoms with E-state index in [4.69, 9.17) is 32.7 Å². The van der Waals surface area contributed by atoms with Crippen LogP contribution in [0.25, 0.3) is 5.76 Å². The molecule has 0 bridgehead atoms. The quantitative estimate of drug-likeness (QED) is 0.173. The Hall–Kier alpha value is -3.40. The lowest BCUT2D eigenvalue weighted by Gasteiger charge is -2.24. The molecule has 11 heteroatoms. The summed E-state index contributed by atoms with van der Waals surface area (Å²) in [6, 6.07) is 8.38. The molecule has 1 aliphatic heterocycles. The van der Waals surface area contributed by atoms with Crippen molar-refractivity contribution in [3.05, 3.63) is 79.3 Å².